The Morgan fingerprint density at radius 2 is 1.75 bits per heavy atom. The third kappa shape index (κ3) is 2.33. The molecule has 0 aliphatic heterocycles. The number of fused-ring (bicyclic) bond motifs is 3. The first kappa shape index (κ1) is 14.8. The number of pyridine rings is 1. The molecule has 0 bridgehead atoms. The topological polar surface area (TPSA) is 27.1 Å². The van der Waals surface area contributed by atoms with E-state index in [2.05, 4.69) is 61.0 Å². The van der Waals surface area contributed by atoms with E-state index >= 15 is 0 Å². The molecule has 2 aromatic heterocycles. The Kier molecular flexibility index (Phi) is 3.49. The molecule has 0 radical (unpaired) electrons. The molecule has 0 fully saturated rings. The molecule has 0 unspecified atom stereocenters. The lowest BCUT2D eigenvalue weighted by Gasteiger charge is -2.07. The van der Waals surface area contributed by atoms with Gasteiger partial charge in [0.1, 0.15) is 5.75 Å². The van der Waals surface area contributed by atoms with Crippen molar-refractivity contribution < 1.29 is 4.74 Å². The van der Waals surface area contributed by atoms with Crippen molar-refractivity contribution in [3.05, 3.63) is 71.5 Å². The van der Waals surface area contributed by atoms with Crippen LogP contribution in [0.1, 0.15) is 17.0 Å². The predicted molar refractivity (Wildman–Crippen MR) is 98.8 cm³/mol. The molecule has 2 heterocycles. The zero-order valence-electron chi connectivity index (χ0n) is 14.2. The van der Waals surface area contributed by atoms with Crippen LogP contribution in [0.2, 0.25) is 0 Å². The molecule has 4 aromatic rings. The number of aryl methyl sites for hydroxylation is 2. The maximum atomic E-state index is 5.25. The van der Waals surface area contributed by atoms with Crippen LogP contribution in [0.5, 0.6) is 5.75 Å². The fraction of sp³-hybridized carbons (Fsp3) is 0.190. The van der Waals surface area contributed by atoms with Gasteiger partial charge in [0, 0.05) is 35.5 Å². The minimum Gasteiger partial charge on any atom is -0.497 e. The molecule has 0 spiro atoms. The highest BCUT2D eigenvalue weighted by Crippen LogP contribution is 2.31. The number of nitrogens with zero attached hydrogens (tertiary/aromatic N) is 2. The van der Waals surface area contributed by atoms with Crippen molar-refractivity contribution in [2.24, 2.45) is 7.05 Å². The summed E-state index contributed by atoms with van der Waals surface area (Å²) in [7, 11) is 3.82. The predicted octanol–water partition coefficient (Wildman–Crippen LogP) is 4.63. The van der Waals surface area contributed by atoms with E-state index in [0.717, 1.165) is 23.6 Å². The lowest BCUT2D eigenvalue weighted by Crippen LogP contribution is -1.97. The van der Waals surface area contributed by atoms with Gasteiger partial charge < -0.3 is 9.30 Å². The summed E-state index contributed by atoms with van der Waals surface area (Å²) >= 11 is 0. The van der Waals surface area contributed by atoms with Gasteiger partial charge in [0.25, 0.3) is 0 Å². The third-order valence-corrected chi connectivity index (χ3v) is 4.63. The van der Waals surface area contributed by atoms with Crippen LogP contribution in [0.3, 0.4) is 0 Å². The summed E-state index contributed by atoms with van der Waals surface area (Å²) in [5.41, 5.74) is 5.91. The van der Waals surface area contributed by atoms with Crippen LogP contribution < -0.4 is 4.74 Å². The number of benzene rings is 2. The summed E-state index contributed by atoms with van der Waals surface area (Å²) in [6.07, 6.45) is 0.816. The van der Waals surface area contributed by atoms with Gasteiger partial charge in [0.2, 0.25) is 0 Å². The quantitative estimate of drug-likeness (QED) is 0.551. The molecular formula is C21H20N2O. The zero-order valence-corrected chi connectivity index (χ0v) is 14.2. The Morgan fingerprint density at radius 3 is 2.50 bits per heavy atom. The van der Waals surface area contributed by atoms with E-state index in [1.54, 1.807) is 7.11 Å². The average molecular weight is 316 g/mol. The van der Waals surface area contributed by atoms with E-state index in [4.69, 9.17) is 9.72 Å². The number of hydrogen-bond acceptors (Lipinski definition) is 2. The Bertz CT molecular complexity index is 1030. The van der Waals surface area contributed by atoms with Crippen LogP contribution in [0.25, 0.3) is 21.8 Å². The third-order valence-electron chi connectivity index (χ3n) is 4.63. The summed E-state index contributed by atoms with van der Waals surface area (Å²) in [5, 5.41) is 2.53. The van der Waals surface area contributed by atoms with Gasteiger partial charge in [-0.15, -0.1) is 0 Å². The van der Waals surface area contributed by atoms with Crippen molar-refractivity contribution in [3.8, 4) is 5.75 Å². The van der Waals surface area contributed by atoms with E-state index in [0.29, 0.717) is 0 Å². The molecule has 4 rings (SSSR count). The molecule has 0 atom stereocenters. The molecule has 24 heavy (non-hydrogen) atoms. The van der Waals surface area contributed by atoms with Gasteiger partial charge in [-0.05, 0) is 36.8 Å². The Balaban J connectivity index is 1.92. The average Bonchev–Trinajstić information content (AvgIpc) is 2.89. The van der Waals surface area contributed by atoms with Gasteiger partial charge in [-0.1, -0.05) is 30.3 Å². The first-order valence-electron chi connectivity index (χ1n) is 8.14. The van der Waals surface area contributed by atoms with E-state index in [-0.39, 0.29) is 0 Å². The van der Waals surface area contributed by atoms with Gasteiger partial charge in [-0.3, -0.25) is 4.98 Å². The highest BCUT2D eigenvalue weighted by Gasteiger charge is 2.14. The zero-order chi connectivity index (χ0) is 16.7. The minimum atomic E-state index is 0.816. The summed E-state index contributed by atoms with van der Waals surface area (Å²) < 4.78 is 7.51. The Labute approximate surface area is 141 Å². The summed E-state index contributed by atoms with van der Waals surface area (Å²) in [5.74, 6) is 0.881. The normalized spacial score (nSPS) is 11.3. The number of methoxy groups -OCH3 is 1. The lowest BCUT2D eigenvalue weighted by molar-refractivity contribution is 0.414. The number of aromatic nitrogens is 2. The molecular weight excluding hydrogens is 296 g/mol. The highest BCUT2D eigenvalue weighted by molar-refractivity contribution is 6.09. The van der Waals surface area contributed by atoms with Crippen LogP contribution in [0.4, 0.5) is 0 Å². The van der Waals surface area contributed by atoms with Gasteiger partial charge in [0.15, 0.2) is 0 Å². The van der Waals surface area contributed by atoms with Gasteiger partial charge in [-0.2, -0.15) is 0 Å². The van der Waals surface area contributed by atoms with Crippen molar-refractivity contribution >= 4 is 21.8 Å². The highest BCUT2D eigenvalue weighted by atomic mass is 16.5. The van der Waals surface area contributed by atoms with Crippen molar-refractivity contribution in [2.45, 2.75) is 13.3 Å². The number of para-hydroxylation sites is 1. The number of rotatable bonds is 3. The molecule has 2 aromatic carbocycles. The first-order valence-corrected chi connectivity index (χ1v) is 8.14. The van der Waals surface area contributed by atoms with E-state index in [1.165, 1.54) is 27.4 Å². The van der Waals surface area contributed by atoms with E-state index < -0.39 is 0 Å². The largest absolute Gasteiger partial charge is 0.497 e. The number of hydrogen-bond donors (Lipinski definition) is 0. The van der Waals surface area contributed by atoms with Crippen molar-refractivity contribution in [1.82, 2.24) is 9.55 Å². The monoisotopic (exact) mass is 316 g/mol. The maximum Gasteiger partial charge on any atom is 0.118 e. The lowest BCUT2D eigenvalue weighted by atomic mass is 10.0. The second-order valence-corrected chi connectivity index (χ2v) is 6.21. The molecule has 0 saturated heterocycles. The van der Waals surface area contributed by atoms with Crippen LogP contribution in [-0.4, -0.2) is 16.7 Å². The molecule has 0 N–H and O–H groups in total. The van der Waals surface area contributed by atoms with Crippen LogP contribution in [0, 0.1) is 6.92 Å². The van der Waals surface area contributed by atoms with Gasteiger partial charge in [0.05, 0.1) is 18.3 Å². The molecule has 120 valence electrons. The first-order chi connectivity index (χ1) is 11.7. The fourth-order valence-electron chi connectivity index (χ4n) is 3.45. The van der Waals surface area contributed by atoms with E-state index in [9.17, 15) is 0 Å². The molecule has 0 aliphatic carbocycles. The number of ether oxygens (including phenoxy) is 1. The van der Waals surface area contributed by atoms with Crippen molar-refractivity contribution in [3.63, 3.8) is 0 Å². The molecule has 3 nitrogen and oxygen atoms in total. The smallest absolute Gasteiger partial charge is 0.118 e. The van der Waals surface area contributed by atoms with Gasteiger partial charge in [-0.25, -0.2) is 0 Å². The Hall–Kier alpha value is -2.81. The molecule has 0 aliphatic rings. The maximum absolute atomic E-state index is 5.25. The summed E-state index contributed by atoms with van der Waals surface area (Å²) in [6, 6.07) is 18.9. The summed E-state index contributed by atoms with van der Waals surface area (Å²) in [6.45, 7) is 2.06. The fourth-order valence-corrected chi connectivity index (χ4v) is 3.45. The molecule has 0 amide bonds. The van der Waals surface area contributed by atoms with Crippen molar-refractivity contribution in [1.29, 1.82) is 0 Å². The van der Waals surface area contributed by atoms with Crippen molar-refractivity contribution in [2.75, 3.05) is 7.11 Å². The second kappa shape index (κ2) is 5.68. The van der Waals surface area contributed by atoms with E-state index in [1.807, 2.05) is 12.1 Å². The SMILES string of the molecule is COc1ccc(Cc2nc(C)cc3c2c2ccccc2n3C)cc1. The minimum absolute atomic E-state index is 0.816. The summed E-state index contributed by atoms with van der Waals surface area (Å²) in [4.78, 5) is 4.86. The van der Waals surface area contributed by atoms with Crippen LogP contribution in [0.15, 0.2) is 54.6 Å². The van der Waals surface area contributed by atoms with Crippen LogP contribution >= 0.6 is 0 Å². The standard InChI is InChI=1S/C21H20N2O/c1-14-12-20-21(17-6-4-5-7-19(17)23(20)2)18(22-14)13-15-8-10-16(24-3)11-9-15/h4-12H,13H2,1-3H3. The van der Waals surface area contributed by atoms with Gasteiger partial charge >= 0.3 is 0 Å². The Morgan fingerprint density at radius 1 is 1.00 bits per heavy atom. The molecule has 3 heteroatoms. The van der Waals surface area contributed by atoms with Crippen LogP contribution in [-0.2, 0) is 13.5 Å². The molecule has 0 saturated carbocycles. The second-order valence-electron chi connectivity index (χ2n) is 6.21.